The Morgan fingerprint density at radius 3 is 2.88 bits per heavy atom. The summed E-state index contributed by atoms with van der Waals surface area (Å²) in [5, 5.41) is 0. The van der Waals surface area contributed by atoms with Crippen LogP contribution in [0.3, 0.4) is 0 Å². The van der Waals surface area contributed by atoms with Gasteiger partial charge in [0.15, 0.2) is 5.78 Å². The second-order valence-corrected chi connectivity index (χ2v) is 7.20. The van der Waals surface area contributed by atoms with Crippen molar-refractivity contribution in [1.82, 2.24) is 0 Å². The maximum Gasteiger partial charge on any atom is 0.185 e. The smallest absolute Gasteiger partial charge is 0.185 e. The predicted octanol–water partition coefficient (Wildman–Crippen LogP) is 2.48. The van der Waals surface area contributed by atoms with Crippen LogP contribution in [0.2, 0.25) is 0 Å². The molecule has 1 heterocycles. The number of ketones is 1. The van der Waals surface area contributed by atoms with E-state index >= 15 is 0 Å². The third kappa shape index (κ3) is 4.86. The number of carbonyl (C=O) groups excluding carboxylic acids is 1. The van der Waals surface area contributed by atoms with Crippen molar-refractivity contribution in [2.75, 3.05) is 25.2 Å². The first-order valence-corrected chi connectivity index (χ1v) is 7.85. The molecule has 0 saturated heterocycles. The van der Waals surface area contributed by atoms with Gasteiger partial charge in [0.25, 0.3) is 0 Å². The summed E-state index contributed by atoms with van der Waals surface area (Å²) in [6.45, 7) is 0.588. The Morgan fingerprint density at radius 2 is 2.31 bits per heavy atom. The first kappa shape index (κ1) is 14.0. The molecular formula is C10H13BrO3S2. The van der Waals surface area contributed by atoms with E-state index in [0.717, 1.165) is 10.2 Å². The van der Waals surface area contributed by atoms with Gasteiger partial charge in [0.1, 0.15) is 0 Å². The molecule has 90 valence electrons. The van der Waals surface area contributed by atoms with Gasteiger partial charge in [0.2, 0.25) is 0 Å². The van der Waals surface area contributed by atoms with Crippen molar-refractivity contribution in [3.05, 3.63) is 20.8 Å². The quantitative estimate of drug-likeness (QED) is 0.571. The zero-order valence-corrected chi connectivity index (χ0v) is 12.1. The topological polar surface area (TPSA) is 43.4 Å². The van der Waals surface area contributed by atoms with E-state index in [0.29, 0.717) is 17.2 Å². The van der Waals surface area contributed by atoms with Gasteiger partial charge in [0, 0.05) is 30.3 Å². The number of carbonyl (C=O) groups is 1. The van der Waals surface area contributed by atoms with Gasteiger partial charge in [0.05, 0.1) is 14.4 Å². The van der Waals surface area contributed by atoms with Gasteiger partial charge in [-0.25, -0.2) is 0 Å². The highest BCUT2D eigenvalue weighted by Gasteiger charge is 2.12. The van der Waals surface area contributed by atoms with Crippen LogP contribution in [0.5, 0.6) is 0 Å². The fourth-order valence-electron chi connectivity index (χ4n) is 1.12. The zero-order chi connectivity index (χ0) is 12.0. The van der Waals surface area contributed by atoms with Gasteiger partial charge in [-0.05, 0) is 34.5 Å². The molecule has 0 aromatic carbocycles. The summed E-state index contributed by atoms with van der Waals surface area (Å²) in [4.78, 5) is 12.3. The van der Waals surface area contributed by atoms with Crippen molar-refractivity contribution < 1.29 is 13.7 Å². The molecule has 1 aromatic rings. The number of hydrogen-bond acceptors (Lipinski definition) is 4. The Bertz CT molecular complexity index is 376. The highest BCUT2D eigenvalue weighted by atomic mass is 79.9. The van der Waals surface area contributed by atoms with Gasteiger partial charge in [-0.15, -0.1) is 11.3 Å². The Hall–Kier alpha value is -0.0400. The number of Topliss-reactive ketones (excluding diaryl/α,β-unsaturated/α-hetero) is 1. The molecule has 0 spiro atoms. The summed E-state index contributed by atoms with van der Waals surface area (Å²) in [6.07, 6.45) is 0.727. The van der Waals surface area contributed by atoms with Gasteiger partial charge in [-0.1, -0.05) is 0 Å². The SMILES string of the molecule is COCCCS(=O)CC(=O)c1ccc(Br)s1. The number of hydrogen-bond donors (Lipinski definition) is 0. The van der Waals surface area contributed by atoms with Crippen LogP contribution in [0, 0.1) is 0 Å². The monoisotopic (exact) mass is 324 g/mol. The number of thiophene rings is 1. The molecule has 0 saturated carbocycles. The molecule has 0 fully saturated rings. The molecule has 0 N–H and O–H groups in total. The van der Waals surface area contributed by atoms with Crippen molar-refractivity contribution in [2.24, 2.45) is 0 Å². The maximum atomic E-state index is 11.7. The second kappa shape index (κ2) is 7.32. The van der Waals surface area contributed by atoms with E-state index in [-0.39, 0.29) is 11.5 Å². The minimum Gasteiger partial charge on any atom is -0.385 e. The highest BCUT2D eigenvalue weighted by molar-refractivity contribution is 9.11. The van der Waals surface area contributed by atoms with Gasteiger partial charge < -0.3 is 4.74 Å². The fraction of sp³-hybridized carbons (Fsp3) is 0.500. The van der Waals surface area contributed by atoms with Crippen LogP contribution in [0.1, 0.15) is 16.1 Å². The molecular weight excluding hydrogens is 312 g/mol. The third-order valence-corrected chi connectivity index (χ3v) is 4.85. The lowest BCUT2D eigenvalue weighted by Crippen LogP contribution is -2.13. The Morgan fingerprint density at radius 1 is 1.56 bits per heavy atom. The predicted molar refractivity (Wildman–Crippen MR) is 70.7 cm³/mol. The average molecular weight is 325 g/mol. The average Bonchev–Trinajstić information content (AvgIpc) is 2.65. The molecule has 1 atom stereocenters. The van der Waals surface area contributed by atoms with Crippen LogP contribution < -0.4 is 0 Å². The number of ether oxygens (including phenoxy) is 1. The summed E-state index contributed by atoms with van der Waals surface area (Å²) in [6, 6.07) is 3.58. The largest absolute Gasteiger partial charge is 0.385 e. The lowest BCUT2D eigenvalue weighted by atomic mass is 10.4. The lowest BCUT2D eigenvalue weighted by Gasteiger charge is -2.00. The van der Waals surface area contributed by atoms with Crippen LogP contribution >= 0.6 is 27.3 Å². The highest BCUT2D eigenvalue weighted by Crippen LogP contribution is 2.22. The molecule has 0 bridgehead atoms. The molecule has 16 heavy (non-hydrogen) atoms. The molecule has 0 amide bonds. The fourth-order valence-corrected chi connectivity index (χ4v) is 3.56. The summed E-state index contributed by atoms with van der Waals surface area (Å²) in [5.41, 5.74) is 0. The Kier molecular flexibility index (Phi) is 6.41. The van der Waals surface area contributed by atoms with Crippen LogP contribution in [0.15, 0.2) is 15.9 Å². The summed E-state index contributed by atoms with van der Waals surface area (Å²) < 4.78 is 17.3. The molecule has 1 rings (SSSR count). The first-order valence-electron chi connectivity index (χ1n) is 4.76. The molecule has 1 aromatic heterocycles. The van der Waals surface area contributed by atoms with E-state index in [1.165, 1.54) is 11.3 Å². The van der Waals surface area contributed by atoms with Crippen molar-refractivity contribution in [3.8, 4) is 0 Å². The van der Waals surface area contributed by atoms with E-state index in [4.69, 9.17) is 4.74 Å². The van der Waals surface area contributed by atoms with E-state index in [1.54, 1.807) is 13.2 Å². The van der Waals surface area contributed by atoms with Gasteiger partial charge in [-0.2, -0.15) is 0 Å². The lowest BCUT2D eigenvalue weighted by molar-refractivity contribution is 0.102. The Labute approximate surface area is 110 Å². The number of rotatable bonds is 7. The normalized spacial score (nSPS) is 12.6. The first-order chi connectivity index (χ1) is 7.63. The van der Waals surface area contributed by atoms with Crippen LogP contribution in [0.25, 0.3) is 0 Å². The molecule has 6 heteroatoms. The maximum absolute atomic E-state index is 11.7. The van der Waals surface area contributed by atoms with Gasteiger partial charge >= 0.3 is 0 Å². The van der Waals surface area contributed by atoms with Gasteiger partial charge in [-0.3, -0.25) is 9.00 Å². The number of halogens is 1. The molecule has 3 nitrogen and oxygen atoms in total. The van der Waals surface area contributed by atoms with E-state index in [2.05, 4.69) is 15.9 Å². The van der Waals surface area contributed by atoms with Crippen LogP contribution in [-0.2, 0) is 15.5 Å². The zero-order valence-electron chi connectivity index (χ0n) is 8.90. The van der Waals surface area contributed by atoms with Crippen molar-refractivity contribution in [2.45, 2.75) is 6.42 Å². The van der Waals surface area contributed by atoms with Crippen LogP contribution in [-0.4, -0.2) is 35.2 Å². The molecule has 0 aliphatic heterocycles. The number of methoxy groups -OCH3 is 1. The minimum atomic E-state index is -1.08. The molecule has 1 unspecified atom stereocenters. The standard InChI is InChI=1S/C10H13BrO3S2/c1-14-5-2-6-16(13)7-8(12)9-3-4-10(11)15-9/h3-4H,2,5-7H2,1H3. The van der Waals surface area contributed by atoms with E-state index < -0.39 is 10.8 Å². The Balaban J connectivity index is 2.37. The van der Waals surface area contributed by atoms with Crippen molar-refractivity contribution in [3.63, 3.8) is 0 Å². The third-order valence-electron chi connectivity index (χ3n) is 1.86. The molecule has 0 radical (unpaired) electrons. The summed E-state index contributed by atoms with van der Waals surface area (Å²) in [5.74, 6) is 0.578. The molecule has 0 aliphatic rings. The summed E-state index contributed by atoms with van der Waals surface area (Å²) in [7, 11) is 0.527. The van der Waals surface area contributed by atoms with E-state index in [9.17, 15) is 9.00 Å². The van der Waals surface area contributed by atoms with E-state index in [1.807, 2.05) is 6.07 Å². The van der Waals surface area contributed by atoms with Crippen molar-refractivity contribution >= 4 is 43.8 Å². The minimum absolute atomic E-state index is 0.0496. The van der Waals surface area contributed by atoms with Crippen LogP contribution in [0.4, 0.5) is 0 Å². The summed E-state index contributed by atoms with van der Waals surface area (Å²) >= 11 is 4.67. The molecule has 0 aliphatic carbocycles. The van der Waals surface area contributed by atoms with Crippen molar-refractivity contribution in [1.29, 1.82) is 0 Å². The second-order valence-electron chi connectivity index (χ2n) is 3.16.